The second-order valence-electron chi connectivity index (χ2n) is 15.8. The first-order valence-corrected chi connectivity index (χ1v) is 16.0. The number of carbonyl (C=O) groups is 1. The second-order valence-corrected chi connectivity index (χ2v) is 15.8. The fourth-order valence-corrected chi connectivity index (χ4v) is 9.86. The zero-order valence-corrected chi connectivity index (χ0v) is 26.7. The summed E-state index contributed by atoms with van der Waals surface area (Å²) in [6.07, 6.45) is 11.2. The van der Waals surface area contributed by atoms with Crippen LogP contribution in [0.15, 0.2) is 34.5 Å². The van der Waals surface area contributed by atoms with Gasteiger partial charge in [-0.15, -0.1) is 0 Å². The van der Waals surface area contributed by atoms with Crippen LogP contribution in [0.4, 0.5) is 0 Å². The van der Waals surface area contributed by atoms with Gasteiger partial charge in [-0.2, -0.15) is 0 Å². The molecule has 6 nitrogen and oxygen atoms in total. The molecule has 2 heterocycles. The Morgan fingerprint density at radius 1 is 0.951 bits per heavy atom. The average Bonchev–Trinajstić information content (AvgIpc) is 3.47. The lowest BCUT2D eigenvalue weighted by Crippen LogP contribution is -2.56. The number of hydrogen-bond acceptors (Lipinski definition) is 6. The molecule has 0 aromatic carbocycles. The molecule has 3 aliphatic carbocycles. The van der Waals surface area contributed by atoms with Gasteiger partial charge in [0.1, 0.15) is 6.10 Å². The molecule has 0 bridgehead atoms. The summed E-state index contributed by atoms with van der Waals surface area (Å²) in [6, 6.07) is 3.32. The van der Waals surface area contributed by atoms with Crippen LogP contribution in [-0.4, -0.2) is 45.2 Å². The van der Waals surface area contributed by atoms with E-state index >= 15 is 0 Å². The molecule has 2 saturated carbocycles. The van der Waals surface area contributed by atoms with Crippen molar-refractivity contribution in [1.29, 1.82) is 0 Å². The Kier molecular flexibility index (Phi) is 7.91. The number of ether oxygens (including phenoxy) is 2. The number of rotatable bonds is 5. The first-order chi connectivity index (χ1) is 19.0. The lowest BCUT2D eigenvalue weighted by Gasteiger charge is -2.54. The third kappa shape index (κ3) is 5.47. The first kappa shape index (κ1) is 30.8. The van der Waals surface area contributed by atoms with Crippen LogP contribution in [0.1, 0.15) is 124 Å². The van der Waals surface area contributed by atoms with Crippen molar-refractivity contribution >= 4 is 5.97 Å². The number of carbonyl (C=O) groups excluding carboxylic acids is 1. The fraction of sp³-hybridized carbons (Fsp3) is 0.800. The lowest BCUT2D eigenvalue weighted by atomic mass is 9.55. The van der Waals surface area contributed by atoms with E-state index in [1.165, 1.54) is 11.8 Å². The Labute approximate surface area is 247 Å². The Hall–Kier alpha value is -1.63. The summed E-state index contributed by atoms with van der Waals surface area (Å²) in [5, 5.41) is 23.1. The van der Waals surface area contributed by atoms with Crippen molar-refractivity contribution in [1.82, 2.24) is 0 Å². The van der Waals surface area contributed by atoms with E-state index in [2.05, 4.69) is 33.8 Å². The van der Waals surface area contributed by atoms with Crippen molar-refractivity contribution in [3.05, 3.63) is 35.8 Å². The molecule has 9 atom stereocenters. The molecule has 1 saturated heterocycles. The molecule has 0 unspecified atom stereocenters. The van der Waals surface area contributed by atoms with Crippen LogP contribution in [0.5, 0.6) is 0 Å². The summed E-state index contributed by atoms with van der Waals surface area (Å²) in [4.78, 5) is 12.8. The van der Waals surface area contributed by atoms with E-state index in [4.69, 9.17) is 13.9 Å². The van der Waals surface area contributed by atoms with Gasteiger partial charge in [0.15, 0.2) is 0 Å². The molecule has 0 radical (unpaired) electrons. The van der Waals surface area contributed by atoms with Crippen molar-refractivity contribution in [2.45, 2.75) is 142 Å². The highest BCUT2D eigenvalue weighted by Crippen LogP contribution is 2.59. The van der Waals surface area contributed by atoms with Crippen molar-refractivity contribution in [3.8, 4) is 0 Å². The zero-order chi connectivity index (χ0) is 30.0. The van der Waals surface area contributed by atoms with Crippen LogP contribution >= 0.6 is 0 Å². The molecule has 1 aromatic heterocycles. The average molecular weight is 571 g/mol. The Morgan fingerprint density at radius 2 is 1.66 bits per heavy atom. The lowest BCUT2D eigenvalue weighted by molar-refractivity contribution is -0.206. The second kappa shape index (κ2) is 10.5. The van der Waals surface area contributed by atoms with Crippen LogP contribution in [0.25, 0.3) is 0 Å². The SMILES string of the molecule is CC1=CC[C@H]2[C@H](CC[C@]2(C)O)C(C)(C)[C@@H]1CC[C@H]1[C@]2(C)CC[C@H](OC(=O)c3ccco3)C(C)(C)O[C@H]2CC[C@@]1(C)O. The van der Waals surface area contributed by atoms with Gasteiger partial charge in [-0.05, 0) is 139 Å². The van der Waals surface area contributed by atoms with Crippen LogP contribution in [0.2, 0.25) is 0 Å². The van der Waals surface area contributed by atoms with E-state index in [1.807, 2.05) is 27.7 Å². The summed E-state index contributed by atoms with van der Waals surface area (Å²) in [7, 11) is 0. The number of aliphatic hydroxyl groups is 2. The minimum atomic E-state index is -0.796. The van der Waals surface area contributed by atoms with Crippen molar-refractivity contribution in [2.24, 2.45) is 34.5 Å². The molecule has 4 aliphatic rings. The number of fused-ring (bicyclic) bond motifs is 2. The largest absolute Gasteiger partial charge is 0.457 e. The van der Waals surface area contributed by atoms with Gasteiger partial charge < -0.3 is 24.1 Å². The minimum absolute atomic E-state index is 0.0249. The molecule has 0 amide bonds. The van der Waals surface area contributed by atoms with Crippen LogP contribution in [-0.2, 0) is 9.47 Å². The van der Waals surface area contributed by atoms with Gasteiger partial charge in [0.2, 0.25) is 5.76 Å². The zero-order valence-electron chi connectivity index (χ0n) is 26.7. The predicted octanol–water partition coefficient (Wildman–Crippen LogP) is 7.48. The molecule has 0 spiro atoms. The van der Waals surface area contributed by atoms with Gasteiger partial charge in [0.25, 0.3) is 0 Å². The summed E-state index contributed by atoms with van der Waals surface area (Å²) < 4.78 is 18.1. The molecule has 41 heavy (non-hydrogen) atoms. The quantitative estimate of drug-likeness (QED) is 0.282. The van der Waals surface area contributed by atoms with Gasteiger partial charge in [-0.1, -0.05) is 32.4 Å². The predicted molar refractivity (Wildman–Crippen MR) is 159 cm³/mol. The summed E-state index contributed by atoms with van der Waals surface area (Å²) in [5.74, 6) is 0.982. The van der Waals surface area contributed by atoms with E-state index in [1.54, 1.807) is 12.1 Å². The highest BCUT2D eigenvalue weighted by Gasteiger charge is 2.58. The Balaban J connectivity index is 1.37. The molecular formula is C35H54O6. The van der Waals surface area contributed by atoms with Crippen LogP contribution in [0, 0.1) is 34.5 Å². The van der Waals surface area contributed by atoms with Crippen LogP contribution in [0.3, 0.4) is 0 Å². The van der Waals surface area contributed by atoms with Crippen molar-refractivity contribution in [2.75, 3.05) is 0 Å². The number of hydrogen-bond donors (Lipinski definition) is 2. The van der Waals surface area contributed by atoms with Crippen LogP contribution < -0.4 is 0 Å². The minimum Gasteiger partial charge on any atom is -0.457 e. The Morgan fingerprint density at radius 3 is 2.34 bits per heavy atom. The topological polar surface area (TPSA) is 89.1 Å². The normalized spacial score (nSPS) is 43.7. The standard InChI is InChI=1S/C35H54O6/c1-22-11-12-25-24(15-19-34(25,7)37)31(2,3)23(22)13-14-27-33(6)18-16-28(40-30(36)26-10-9-21-39-26)32(4,5)41-29(33)17-20-35(27,8)38/h9-11,21,23-25,27-29,37-38H,12-20H2,1-8H3/t23-,24+,25+,27+,28+,29+,33+,34+,35-/m1/s1. The maximum absolute atomic E-state index is 12.8. The van der Waals surface area contributed by atoms with E-state index in [-0.39, 0.29) is 28.6 Å². The fourth-order valence-electron chi connectivity index (χ4n) is 9.86. The maximum atomic E-state index is 12.8. The highest BCUT2D eigenvalue weighted by molar-refractivity contribution is 5.86. The van der Waals surface area contributed by atoms with E-state index < -0.39 is 28.9 Å². The number of esters is 1. The van der Waals surface area contributed by atoms with Gasteiger partial charge in [-0.3, -0.25) is 0 Å². The van der Waals surface area contributed by atoms with E-state index in [9.17, 15) is 15.0 Å². The third-order valence-corrected chi connectivity index (χ3v) is 12.4. The summed E-state index contributed by atoms with van der Waals surface area (Å²) >= 11 is 0. The van der Waals surface area contributed by atoms with Gasteiger partial charge in [0, 0.05) is 0 Å². The monoisotopic (exact) mass is 570 g/mol. The third-order valence-electron chi connectivity index (χ3n) is 12.4. The highest BCUT2D eigenvalue weighted by atomic mass is 16.6. The van der Waals surface area contributed by atoms with Crippen molar-refractivity contribution < 1.29 is 28.9 Å². The Bertz CT molecular complexity index is 1130. The molecule has 3 fully saturated rings. The summed E-state index contributed by atoms with van der Waals surface area (Å²) in [5.41, 5.74) is -0.804. The molecule has 6 heteroatoms. The van der Waals surface area contributed by atoms with Crippen molar-refractivity contribution in [3.63, 3.8) is 0 Å². The molecule has 1 aliphatic heterocycles. The summed E-state index contributed by atoms with van der Waals surface area (Å²) in [6.45, 7) is 17.5. The molecule has 1 aromatic rings. The van der Waals surface area contributed by atoms with E-state index in [0.29, 0.717) is 30.6 Å². The number of allylic oxidation sites excluding steroid dienone is 2. The van der Waals surface area contributed by atoms with Gasteiger partial charge in [0.05, 0.1) is 29.2 Å². The van der Waals surface area contributed by atoms with E-state index in [0.717, 1.165) is 44.9 Å². The molecular weight excluding hydrogens is 516 g/mol. The number of furan rings is 1. The molecule has 2 N–H and O–H groups in total. The van der Waals surface area contributed by atoms with Gasteiger partial charge in [-0.25, -0.2) is 4.79 Å². The smallest absolute Gasteiger partial charge is 0.374 e. The van der Waals surface area contributed by atoms with Gasteiger partial charge >= 0.3 is 5.97 Å². The molecule has 230 valence electrons. The molecule has 5 rings (SSSR count). The maximum Gasteiger partial charge on any atom is 0.374 e. The first-order valence-electron chi connectivity index (χ1n) is 16.0.